The Kier molecular flexibility index (Phi) is 7.27. The van der Waals surface area contributed by atoms with E-state index >= 15 is 0 Å². The molecule has 0 fully saturated rings. The molecule has 0 saturated carbocycles. The number of para-hydroxylation sites is 1. The monoisotopic (exact) mass is 465 g/mol. The van der Waals surface area contributed by atoms with Gasteiger partial charge in [0.05, 0.1) is 17.2 Å². The van der Waals surface area contributed by atoms with E-state index in [0.29, 0.717) is 11.0 Å². The molecule has 0 atom stereocenters. The third kappa shape index (κ3) is 5.40. The summed E-state index contributed by atoms with van der Waals surface area (Å²) in [5.74, 6) is 0.907. The number of thiazole rings is 1. The van der Waals surface area contributed by atoms with E-state index < -0.39 is 0 Å². The molecule has 1 aliphatic heterocycles. The third-order valence-corrected chi connectivity index (χ3v) is 7.17. The molecule has 5 nitrogen and oxygen atoms in total. The van der Waals surface area contributed by atoms with Gasteiger partial charge in [0.2, 0.25) is 11.8 Å². The average molecular weight is 466 g/mol. The number of carbonyl (C=O) groups excluding carboxylic acids is 2. The lowest BCUT2D eigenvalue weighted by Crippen LogP contribution is -2.36. The second-order valence-corrected chi connectivity index (χ2v) is 9.98. The van der Waals surface area contributed by atoms with Gasteiger partial charge in [-0.3, -0.25) is 9.59 Å². The summed E-state index contributed by atoms with van der Waals surface area (Å²) in [6.07, 6.45) is 1.98. The molecular formula is C25H27N3O2S2. The van der Waals surface area contributed by atoms with Crippen molar-refractivity contribution < 1.29 is 9.59 Å². The van der Waals surface area contributed by atoms with E-state index in [4.69, 9.17) is 0 Å². The van der Waals surface area contributed by atoms with E-state index in [2.05, 4.69) is 54.5 Å². The molecule has 0 bridgehead atoms. The first-order chi connectivity index (χ1) is 15.5. The van der Waals surface area contributed by atoms with Crippen molar-refractivity contribution in [1.82, 2.24) is 4.98 Å². The minimum atomic E-state index is -0.141. The quantitative estimate of drug-likeness (QED) is 0.494. The number of nitrogens with one attached hydrogen (secondary N) is 1. The minimum Gasteiger partial charge on any atom is -0.311 e. The van der Waals surface area contributed by atoms with Crippen molar-refractivity contribution >= 4 is 45.7 Å². The summed E-state index contributed by atoms with van der Waals surface area (Å²) in [7, 11) is 0. The Labute approximate surface area is 197 Å². The van der Waals surface area contributed by atoms with Crippen molar-refractivity contribution in [1.29, 1.82) is 0 Å². The molecule has 0 saturated heterocycles. The van der Waals surface area contributed by atoms with Crippen LogP contribution in [0.15, 0.2) is 53.9 Å². The number of thioether (sulfide) groups is 1. The van der Waals surface area contributed by atoms with E-state index in [1.54, 1.807) is 0 Å². The average Bonchev–Trinajstić information content (AvgIpc) is 3.27. The van der Waals surface area contributed by atoms with E-state index in [1.165, 1.54) is 34.2 Å². The first-order valence-electron chi connectivity index (χ1n) is 10.8. The molecule has 0 aliphatic carbocycles. The zero-order chi connectivity index (χ0) is 22.5. The van der Waals surface area contributed by atoms with Crippen molar-refractivity contribution in [2.75, 3.05) is 28.3 Å². The van der Waals surface area contributed by atoms with Crippen LogP contribution in [0.1, 0.15) is 37.3 Å². The van der Waals surface area contributed by atoms with Gasteiger partial charge in [-0.1, -0.05) is 56.3 Å². The summed E-state index contributed by atoms with van der Waals surface area (Å²) in [4.78, 5) is 31.4. The molecule has 0 radical (unpaired) electrons. The van der Waals surface area contributed by atoms with Crippen LogP contribution in [-0.4, -0.2) is 34.8 Å². The second-order valence-electron chi connectivity index (χ2n) is 8.13. The van der Waals surface area contributed by atoms with Crippen LogP contribution in [0, 0.1) is 0 Å². The largest absolute Gasteiger partial charge is 0.311 e. The highest BCUT2D eigenvalue weighted by molar-refractivity contribution is 8.00. The Bertz CT molecular complexity index is 1090. The van der Waals surface area contributed by atoms with Crippen LogP contribution in [0.5, 0.6) is 0 Å². The number of nitrogens with zero attached hydrogens (tertiary/aromatic N) is 2. The fraction of sp³-hybridized carbons (Fsp3) is 0.320. The molecule has 4 rings (SSSR count). The van der Waals surface area contributed by atoms with Crippen molar-refractivity contribution in [3.8, 4) is 11.3 Å². The fourth-order valence-corrected chi connectivity index (χ4v) is 5.19. The van der Waals surface area contributed by atoms with Gasteiger partial charge in [-0.05, 0) is 36.0 Å². The summed E-state index contributed by atoms with van der Waals surface area (Å²) in [5, 5.41) is 5.38. The standard InChI is InChI=1S/C25H27N3O2S2/c1-17(2)18-9-11-19(12-10-18)21-14-32-25(26-21)27-23(29)15-31-16-24(30)28-13-5-7-20-6-3-4-8-22(20)28/h3-4,6,8-12,14,17H,5,7,13,15-16H2,1-2H3,(H,26,27,29). The number of anilines is 2. The Morgan fingerprint density at radius 3 is 2.69 bits per heavy atom. The maximum Gasteiger partial charge on any atom is 0.236 e. The van der Waals surface area contributed by atoms with E-state index in [1.807, 2.05) is 28.5 Å². The predicted octanol–water partition coefficient (Wildman–Crippen LogP) is 5.58. The number of fused-ring (bicyclic) bond motifs is 1. The second kappa shape index (κ2) is 10.3. The first-order valence-corrected chi connectivity index (χ1v) is 12.9. The van der Waals surface area contributed by atoms with Gasteiger partial charge in [0, 0.05) is 23.2 Å². The van der Waals surface area contributed by atoms with Gasteiger partial charge in [0.1, 0.15) is 0 Å². The highest BCUT2D eigenvalue weighted by Crippen LogP contribution is 2.28. The number of hydrogen-bond acceptors (Lipinski definition) is 5. The van der Waals surface area contributed by atoms with E-state index in [-0.39, 0.29) is 23.3 Å². The SMILES string of the molecule is CC(C)c1ccc(-c2csc(NC(=O)CSCC(=O)N3CCCc4ccccc43)n2)cc1. The topological polar surface area (TPSA) is 62.3 Å². The summed E-state index contributed by atoms with van der Waals surface area (Å²) in [6.45, 7) is 5.08. The summed E-state index contributed by atoms with van der Waals surface area (Å²) in [6, 6.07) is 16.4. The number of carbonyl (C=O) groups is 2. The van der Waals surface area contributed by atoms with Gasteiger partial charge in [-0.15, -0.1) is 23.1 Å². The van der Waals surface area contributed by atoms with Crippen LogP contribution >= 0.6 is 23.1 Å². The molecule has 1 N–H and O–H groups in total. The van der Waals surface area contributed by atoms with Gasteiger partial charge in [-0.2, -0.15) is 0 Å². The van der Waals surface area contributed by atoms with E-state index in [9.17, 15) is 9.59 Å². The van der Waals surface area contributed by atoms with Crippen LogP contribution in [0.3, 0.4) is 0 Å². The summed E-state index contributed by atoms with van der Waals surface area (Å²) in [5.41, 5.74) is 5.40. The van der Waals surface area contributed by atoms with Gasteiger partial charge in [0.15, 0.2) is 5.13 Å². The smallest absolute Gasteiger partial charge is 0.236 e. The summed E-state index contributed by atoms with van der Waals surface area (Å²) >= 11 is 2.75. The highest BCUT2D eigenvalue weighted by Gasteiger charge is 2.22. The van der Waals surface area contributed by atoms with Crippen LogP contribution in [0.4, 0.5) is 10.8 Å². The zero-order valence-electron chi connectivity index (χ0n) is 18.3. The number of aromatic nitrogens is 1. The van der Waals surface area contributed by atoms with Crippen LogP contribution in [0.25, 0.3) is 11.3 Å². The highest BCUT2D eigenvalue weighted by atomic mass is 32.2. The zero-order valence-corrected chi connectivity index (χ0v) is 20.0. The van der Waals surface area contributed by atoms with E-state index in [0.717, 1.165) is 36.3 Å². The van der Waals surface area contributed by atoms with Gasteiger partial charge < -0.3 is 10.2 Å². The Hall–Kier alpha value is -2.64. The molecule has 166 valence electrons. The number of rotatable bonds is 7. The molecule has 1 aromatic heterocycles. The Balaban J connectivity index is 1.27. The van der Waals surface area contributed by atoms with Crippen LogP contribution in [0.2, 0.25) is 0 Å². The van der Waals surface area contributed by atoms with Gasteiger partial charge in [0.25, 0.3) is 0 Å². The van der Waals surface area contributed by atoms with Crippen molar-refractivity contribution in [2.45, 2.75) is 32.6 Å². The van der Waals surface area contributed by atoms with Crippen molar-refractivity contribution in [3.05, 3.63) is 65.0 Å². The lowest BCUT2D eigenvalue weighted by Gasteiger charge is -2.29. The van der Waals surface area contributed by atoms with Gasteiger partial charge in [-0.25, -0.2) is 4.98 Å². The summed E-state index contributed by atoms with van der Waals surface area (Å²) < 4.78 is 0. The molecule has 7 heteroatoms. The number of amides is 2. The Morgan fingerprint density at radius 1 is 1.12 bits per heavy atom. The maximum absolute atomic E-state index is 12.7. The lowest BCUT2D eigenvalue weighted by molar-refractivity contribution is -0.116. The van der Waals surface area contributed by atoms with Crippen molar-refractivity contribution in [2.24, 2.45) is 0 Å². The lowest BCUT2D eigenvalue weighted by atomic mass is 10.0. The molecule has 32 heavy (non-hydrogen) atoms. The molecule has 2 aromatic carbocycles. The molecular weight excluding hydrogens is 438 g/mol. The molecule has 2 amide bonds. The molecule has 1 aliphatic rings. The number of benzene rings is 2. The molecule has 2 heterocycles. The number of aryl methyl sites for hydroxylation is 1. The predicted molar refractivity (Wildman–Crippen MR) is 135 cm³/mol. The fourth-order valence-electron chi connectivity index (χ4n) is 3.76. The van der Waals surface area contributed by atoms with Crippen LogP contribution < -0.4 is 10.2 Å². The number of hydrogen-bond donors (Lipinski definition) is 1. The minimum absolute atomic E-state index is 0.0522. The Morgan fingerprint density at radius 2 is 1.91 bits per heavy atom. The maximum atomic E-state index is 12.7. The first kappa shape index (κ1) is 22.6. The molecule has 0 unspecified atom stereocenters. The molecule has 3 aromatic rings. The van der Waals surface area contributed by atoms with Crippen molar-refractivity contribution in [3.63, 3.8) is 0 Å². The molecule has 0 spiro atoms. The van der Waals surface area contributed by atoms with Crippen LogP contribution in [-0.2, 0) is 16.0 Å². The van der Waals surface area contributed by atoms with Gasteiger partial charge >= 0.3 is 0 Å². The normalized spacial score (nSPS) is 13.2. The third-order valence-electron chi connectivity index (χ3n) is 5.49.